The lowest BCUT2D eigenvalue weighted by Gasteiger charge is -2.26. The summed E-state index contributed by atoms with van der Waals surface area (Å²) >= 11 is 3.14. The molecule has 1 atom stereocenters. The molecule has 1 aromatic carbocycles. The van der Waals surface area contributed by atoms with Crippen LogP contribution in [0.2, 0.25) is 0 Å². The number of aliphatic hydroxyl groups is 1. The number of nitro benzene ring substituents is 1. The molecule has 2 N–H and O–H groups in total. The van der Waals surface area contributed by atoms with E-state index in [0.717, 1.165) is 6.42 Å². The summed E-state index contributed by atoms with van der Waals surface area (Å²) < 4.78 is 0.457. The van der Waals surface area contributed by atoms with Crippen molar-refractivity contribution < 1.29 is 10.0 Å². The fraction of sp³-hybridized carbons (Fsp3) is 0.500. The van der Waals surface area contributed by atoms with Crippen LogP contribution in [0.25, 0.3) is 0 Å². The summed E-state index contributed by atoms with van der Waals surface area (Å²) in [5, 5.41) is 23.2. The second-order valence-electron chi connectivity index (χ2n) is 4.60. The van der Waals surface area contributed by atoms with E-state index in [0.29, 0.717) is 16.7 Å². The number of benzene rings is 1. The van der Waals surface area contributed by atoms with Crippen molar-refractivity contribution >= 4 is 27.3 Å². The molecule has 0 radical (unpaired) electrons. The minimum Gasteiger partial charge on any atom is -0.396 e. The first kappa shape index (κ1) is 14.9. The highest BCUT2D eigenvalue weighted by molar-refractivity contribution is 9.10. The summed E-state index contributed by atoms with van der Waals surface area (Å²) in [7, 11) is 0. The van der Waals surface area contributed by atoms with Crippen LogP contribution in [-0.2, 0) is 0 Å². The third kappa shape index (κ3) is 3.68. The first-order valence-corrected chi connectivity index (χ1v) is 6.50. The Morgan fingerprint density at radius 3 is 2.72 bits per heavy atom. The van der Waals surface area contributed by atoms with Crippen LogP contribution < -0.4 is 5.32 Å². The normalized spacial score (nSPS) is 14.0. The van der Waals surface area contributed by atoms with Crippen molar-refractivity contribution in [2.75, 3.05) is 18.5 Å². The SMILES string of the molecule is CCC(C)(CO)CNc1ccc(Br)c([N+](=O)[O-])c1. The molecular formula is C12H17BrN2O3. The van der Waals surface area contributed by atoms with Gasteiger partial charge in [-0.15, -0.1) is 0 Å². The van der Waals surface area contributed by atoms with Crippen LogP contribution in [0.15, 0.2) is 22.7 Å². The summed E-state index contributed by atoms with van der Waals surface area (Å²) in [6.45, 7) is 4.61. The third-order valence-corrected chi connectivity index (χ3v) is 3.77. The van der Waals surface area contributed by atoms with Gasteiger partial charge >= 0.3 is 0 Å². The Labute approximate surface area is 114 Å². The Morgan fingerprint density at radius 1 is 1.56 bits per heavy atom. The fourth-order valence-electron chi connectivity index (χ4n) is 1.37. The Bertz CT molecular complexity index is 433. The summed E-state index contributed by atoms with van der Waals surface area (Å²) in [6.07, 6.45) is 0.828. The van der Waals surface area contributed by atoms with Crippen molar-refractivity contribution in [2.45, 2.75) is 20.3 Å². The fourth-order valence-corrected chi connectivity index (χ4v) is 1.76. The highest BCUT2D eigenvalue weighted by Gasteiger charge is 2.21. The summed E-state index contributed by atoms with van der Waals surface area (Å²) in [5.74, 6) is 0. The lowest BCUT2D eigenvalue weighted by Crippen LogP contribution is -2.29. The van der Waals surface area contributed by atoms with Gasteiger partial charge in [0.2, 0.25) is 0 Å². The van der Waals surface area contributed by atoms with Gasteiger partial charge in [0.25, 0.3) is 5.69 Å². The van der Waals surface area contributed by atoms with Crippen molar-refractivity contribution in [2.24, 2.45) is 5.41 Å². The third-order valence-electron chi connectivity index (χ3n) is 3.10. The quantitative estimate of drug-likeness (QED) is 0.624. The molecule has 0 aliphatic heterocycles. The highest BCUT2D eigenvalue weighted by atomic mass is 79.9. The predicted molar refractivity (Wildman–Crippen MR) is 74.8 cm³/mol. The second-order valence-corrected chi connectivity index (χ2v) is 5.45. The van der Waals surface area contributed by atoms with Crippen LogP contribution in [0, 0.1) is 15.5 Å². The number of anilines is 1. The van der Waals surface area contributed by atoms with Crippen molar-refractivity contribution in [1.82, 2.24) is 0 Å². The van der Waals surface area contributed by atoms with Crippen LogP contribution in [0.1, 0.15) is 20.3 Å². The Kier molecular flexibility index (Phi) is 5.10. The lowest BCUT2D eigenvalue weighted by atomic mass is 9.88. The van der Waals surface area contributed by atoms with Gasteiger partial charge in [-0.25, -0.2) is 0 Å². The van der Waals surface area contributed by atoms with E-state index in [1.807, 2.05) is 13.8 Å². The predicted octanol–water partition coefficient (Wildman–Crippen LogP) is 3.18. The number of halogens is 1. The lowest BCUT2D eigenvalue weighted by molar-refractivity contribution is -0.385. The maximum Gasteiger partial charge on any atom is 0.285 e. The van der Waals surface area contributed by atoms with Gasteiger partial charge in [-0.1, -0.05) is 13.8 Å². The summed E-state index contributed by atoms with van der Waals surface area (Å²) in [5.41, 5.74) is 0.488. The molecule has 1 unspecified atom stereocenters. The maximum absolute atomic E-state index is 10.8. The minimum atomic E-state index is -0.430. The van der Waals surface area contributed by atoms with Crippen LogP contribution in [-0.4, -0.2) is 23.2 Å². The van der Waals surface area contributed by atoms with Gasteiger partial charge in [0.15, 0.2) is 0 Å². The van der Waals surface area contributed by atoms with E-state index < -0.39 is 4.92 Å². The highest BCUT2D eigenvalue weighted by Crippen LogP contribution is 2.29. The zero-order valence-corrected chi connectivity index (χ0v) is 12.0. The van der Waals surface area contributed by atoms with Crippen LogP contribution >= 0.6 is 15.9 Å². The number of hydrogen-bond donors (Lipinski definition) is 2. The molecule has 0 bridgehead atoms. The van der Waals surface area contributed by atoms with Crippen LogP contribution in [0.4, 0.5) is 11.4 Å². The zero-order valence-electron chi connectivity index (χ0n) is 10.4. The number of aliphatic hydroxyl groups excluding tert-OH is 1. The van der Waals surface area contributed by atoms with Crippen molar-refractivity contribution in [3.63, 3.8) is 0 Å². The molecule has 0 amide bonds. The topological polar surface area (TPSA) is 75.4 Å². The van der Waals surface area contributed by atoms with E-state index >= 15 is 0 Å². The van der Waals surface area contributed by atoms with Crippen LogP contribution in [0.5, 0.6) is 0 Å². The maximum atomic E-state index is 10.8. The molecule has 100 valence electrons. The number of nitrogens with one attached hydrogen (secondary N) is 1. The second kappa shape index (κ2) is 6.15. The van der Waals surface area contributed by atoms with E-state index in [-0.39, 0.29) is 17.7 Å². The molecule has 0 aromatic heterocycles. The molecule has 1 aromatic rings. The van der Waals surface area contributed by atoms with E-state index in [1.54, 1.807) is 12.1 Å². The molecule has 0 heterocycles. The van der Waals surface area contributed by atoms with Gasteiger partial charge in [0.05, 0.1) is 16.0 Å². The van der Waals surface area contributed by atoms with Gasteiger partial charge in [-0.3, -0.25) is 10.1 Å². The molecule has 5 nitrogen and oxygen atoms in total. The molecule has 18 heavy (non-hydrogen) atoms. The van der Waals surface area contributed by atoms with Crippen molar-refractivity contribution in [1.29, 1.82) is 0 Å². The first-order valence-electron chi connectivity index (χ1n) is 5.70. The van der Waals surface area contributed by atoms with Crippen molar-refractivity contribution in [3.8, 4) is 0 Å². The summed E-state index contributed by atoms with van der Waals surface area (Å²) in [4.78, 5) is 10.4. The van der Waals surface area contributed by atoms with Gasteiger partial charge in [0, 0.05) is 23.7 Å². The van der Waals surface area contributed by atoms with E-state index in [9.17, 15) is 15.2 Å². The van der Waals surface area contributed by atoms with Gasteiger partial charge in [-0.05, 0) is 34.5 Å². The number of hydrogen-bond acceptors (Lipinski definition) is 4. The largest absolute Gasteiger partial charge is 0.396 e. The standard InChI is InChI=1S/C12H17BrN2O3/c1-3-12(2,8-16)7-14-9-4-5-10(13)11(6-9)15(17)18/h4-6,14,16H,3,7-8H2,1-2H3. The van der Waals surface area contributed by atoms with E-state index in [1.165, 1.54) is 6.07 Å². The summed E-state index contributed by atoms with van der Waals surface area (Å²) in [6, 6.07) is 4.89. The average molecular weight is 317 g/mol. The van der Waals surface area contributed by atoms with E-state index in [2.05, 4.69) is 21.2 Å². The Morgan fingerprint density at radius 2 is 2.22 bits per heavy atom. The van der Waals surface area contributed by atoms with Gasteiger partial charge < -0.3 is 10.4 Å². The molecule has 0 fully saturated rings. The first-order chi connectivity index (χ1) is 8.41. The molecule has 0 saturated carbocycles. The molecular weight excluding hydrogens is 300 g/mol. The molecule has 1 rings (SSSR count). The molecule has 0 aliphatic carbocycles. The molecule has 0 spiro atoms. The molecule has 0 saturated heterocycles. The monoisotopic (exact) mass is 316 g/mol. The van der Waals surface area contributed by atoms with Crippen LogP contribution in [0.3, 0.4) is 0 Å². The number of nitrogens with zero attached hydrogens (tertiary/aromatic N) is 1. The number of rotatable bonds is 6. The van der Waals surface area contributed by atoms with E-state index in [4.69, 9.17) is 0 Å². The smallest absolute Gasteiger partial charge is 0.285 e. The zero-order chi connectivity index (χ0) is 13.8. The Balaban J connectivity index is 2.80. The molecule has 0 aliphatic rings. The van der Waals surface area contributed by atoms with Gasteiger partial charge in [0.1, 0.15) is 0 Å². The minimum absolute atomic E-state index is 0.0298. The average Bonchev–Trinajstić information content (AvgIpc) is 2.37. The van der Waals surface area contributed by atoms with Gasteiger partial charge in [-0.2, -0.15) is 0 Å². The molecule has 6 heteroatoms. The Hall–Kier alpha value is -1.14. The van der Waals surface area contributed by atoms with Crippen molar-refractivity contribution in [3.05, 3.63) is 32.8 Å². The number of nitro groups is 1.